The molecule has 10 heteroatoms. The molecule has 4 rings (SSSR count). The van der Waals surface area contributed by atoms with Gasteiger partial charge < -0.3 is 29.4 Å². The van der Waals surface area contributed by atoms with Gasteiger partial charge in [0.15, 0.2) is 18.5 Å². The Morgan fingerprint density at radius 1 is 0.718 bits per heavy atom. The summed E-state index contributed by atoms with van der Waals surface area (Å²) in [6.07, 6.45) is -5.72. The van der Waals surface area contributed by atoms with Gasteiger partial charge in [-0.25, -0.2) is 14.4 Å². The molecule has 0 aliphatic carbocycles. The summed E-state index contributed by atoms with van der Waals surface area (Å²) in [5, 5.41) is 13.3. The van der Waals surface area contributed by atoms with E-state index < -0.39 is 61.1 Å². The Hall–Kier alpha value is -4.54. The molecular weight excluding hydrogens is 506 g/mol. The zero-order valence-corrected chi connectivity index (χ0v) is 21.0. The molecule has 10 nitrogen and oxygen atoms in total. The van der Waals surface area contributed by atoms with Gasteiger partial charge >= 0.3 is 17.9 Å². The summed E-state index contributed by atoms with van der Waals surface area (Å²) in [5.74, 6) is -2.79. The number of hydrogen-bond acceptors (Lipinski definition) is 9. The third-order valence-corrected chi connectivity index (χ3v) is 5.93. The molecule has 1 aliphatic rings. The largest absolute Gasteiger partial charge is 0.459 e. The molecule has 1 aliphatic heterocycles. The normalized spacial score (nSPS) is 22.3. The fourth-order valence-electron chi connectivity index (χ4n) is 4.07. The van der Waals surface area contributed by atoms with Crippen LogP contribution in [0.25, 0.3) is 0 Å². The molecule has 202 valence electrons. The van der Waals surface area contributed by atoms with Gasteiger partial charge in [-0.2, -0.15) is 0 Å². The van der Waals surface area contributed by atoms with Crippen molar-refractivity contribution in [1.29, 1.82) is 0 Å². The molecule has 0 unspecified atom stereocenters. The van der Waals surface area contributed by atoms with Crippen molar-refractivity contribution in [2.24, 2.45) is 0 Å². The second-order valence-electron chi connectivity index (χ2n) is 8.73. The van der Waals surface area contributed by atoms with E-state index in [9.17, 15) is 24.3 Å². The number of carbonyl (C=O) groups excluding carboxylic acids is 4. The Balaban J connectivity index is 1.64. The summed E-state index contributed by atoms with van der Waals surface area (Å²) in [6, 6.07) is 23.0. The lowest BCUT2D eigenvalue weighted by molar-refractivity contribution is -0.253. The lowest BCUT2D eigenvalue weighted by Crippen LogP contribution is -2.66. The van der Waals surface area contributed by atoms with Gasteiger partial charge in [-0.05, 0) is 36.4 Å². The van der Waals surface area contributed by atoms with Crippen molar-refractivity contribution in [3.8, 4) is 0 Å². The fourth-order valence-corrected chi connectivity index (χ4v) is 4.07. The highest BCUT2D eigenvalue weighted by Crippen LogP contribution is 2.28. The molecule has 0 radical (unpaired) electrons. The number of benzene rings is 3. The van der Waals surface area contributed by atoms with E-state index in [0.29, 0.717) is 0 Å². The molecule has 0 bridgehead atoms. The average molecular weight is 534 g/mol. The average Bonchev–Trinajstić information content (AvgIpc) is 2.96. The van der Waals surface area contributed by atoms with Gasteiger partial charge in [0.25, 0.3) is 0 Å². The van der Waals surface area contributed by atoms with Crippen LogP contribution in [0.1, 0.15) is 38.0 Å². The molecule has 39 heavy (non-hydrogen) atoms. The van der Waals surface area contributed by atoms with Crippen molar-refractivity contribution >= 4 is 23.8 Å². The van der Waals surface area contributed by atoms with E-state index in [4.69, 9.17) is 18.9 Å². The molecule has 0 aromatic heterocycles. The van der Waals surface area contributed by atoms with Crippen LogP contribution >= 0.6 is 0 Å². The number of nitrogens with one attached hydrogen (secondary N) is 1. The second kappa shape index (κ2) is 12.8. The highest BCUT2D eigenvalue weighted by Gasteiger charge is 2.51. The number of aliphatic hydroxyl groups is 1. The van der Waals surface area contributed by atoms with E-state index >= 15 is 0 Å². The number of carbonyl (C=O) groups is 4. The van der Waals surface area contributed by atoms with E-state index in [2.05, 4.69) is 5.32 Å². The maximum atomic E-state index is 13.1. The van der Waals surface area contributed by atoms with Crippen LogP contribution < -0.4 is 5.32 Å². The first-order chi connectivity index (χ1) is 18.8. The zero-order valence-electron chi connectivity index (χ0n) is 21.0. The smallest absolute Gasteiger partial charge is 0.338 e. The van der Waals surface area contributed by atoms with Crippen molar-refractivity contribution in [2.75, 3.05) is 6.61 Å². The van der Waals surface area contributed by atoms with Crippen LogP contribution in [-0.4, -0.2) is 66.2 Å². The Bertz CT molecular complexity index is 1280. The molecule has 0 saturated carbocycles. The third kappa shape index (κ3) is 7.07. The van der Waals surface area contributed by atoms with Crippen molar-refractivity contribution in [3.05, 3.63) is 108 Å². The van der Waals surface area contributed by atoms with Crippen LogP contribution in [0.15, 0.2) is 91.0 Å². The van der Waals surface area contributed by atoms with E-state index in [0.717, 1.165) is 0 Å². The van der Waals surface area contributed by atoms with E-state index in [1.807, 2.05) is 0 Å². The predicted octanol–water partition coefficient (Wildman–Crippen LogP) is 2.52. The Labute approximate surface area is 224 Å². The summed E-state index contributed by atoms with van der Waals surface area (Å²) in [6.45, 7) is 0.755. The second-order valence-corrected chi connectivity index (χ2v) is 8.73. The Kier molecular flexibility index (Phi) is 9.03. The first-order valence-electron chi connectivity index (χ1n) is 12.2. The molecule has 3 aromatic rings. The minimum absolute atomic E-state index is 0.195. The number of ether oxygens (including phenoxy) is 4. The van der Waals surface area contributed by atoms with Gasteiger partial charge in [-0.15, -0.1) is 0 Å². The van der Waals surface area contributed by atoms with E-state index in [1.165, 1.54) is 31.2 Å². The predicted molar refractivity (Wildman–Crippen MR) is 136 cm³/mol. The number of aliphatic hydroxyl groups excluding tert-OH is 1. The highest BCUT2D eigenvalue weighted by atomic mass is 16.7. The molecule has 1 heterocycles. The third-order valence-electron chi connectivity index (χ3n) is 5.93. The minimum Gasteiger partial charge on any atom is -0.459 e. The maximum absolute atomic E-state index is 13.1. The van der Waals surface area contributed by atoms with Crippen molar-refractivity contribution < 1.29 is 43.2 Å². The van der Waals surface area contributed by atoms with Gasteiger partial charge in [0.05, 0.1) is 16.7 Å². The van der Waals surface area contributed by atoms with Gasteiger partial charge in [0, 0.05) is 6.92 Å². The summed E-state index contributed by atoms with van der Waals surface area (Å²) in [4.78, 5) is 50.6. The van der Waals surface area contributed by atoms with E-state index in [-0.39, 0.29) is 16.7 Å². The molecule has 1 saturated heterocycles. The number of esters is 3. The standard InChI is InChI=1S/C29H27NO9/c1-18(31)30-23-25(39-28(34)21-15-9-4-10-16-21)24(38-27(33)20-13-7-3-8-14-20)22(37-29(23)35)17-36-26(32)19-11-5-2-6-12-19/h2-16,22-25,29,35H,17H2,1H3,(H,30,31)/t22-,23-,24-,25-,29-/m1/s1. The SMILES string of the molecule is CC(=O)N[C@@H]1[C@@H](OC(=O)c2ccccc2)[C@H](OC(=O)c2ccccc2)[C@@H](COC(=O)c2ccccc2)O[C@H]1O. The van der Waals surface area contributed by atoms with E-state index in [1.54, 1.807) is 66.7 Å². The van der Waals surface area contributed by atoms with Crippen LogP contribution in [0, 0.1) is 0 Å². The number of amides is 1. The molecule has 1 amide bonds. The van der Waals surface area contributed by atoms with Gasteiger partial charge in [0.1, 0.15) is 18.8 Å². The Morgan fingerprint density at radius 3 is 1.62 bits per heavy atom. The molecule has 3 aromatic carbocycles. The Morgan fingerprint density at radius 2 is 1.15 bits per heavy atom. The quantitative estimate of drug-likeness (QED) is 0.330. The van der Waals surface area contributed by atoms with Crippen LogP contribution in [0.2, 0.25) is 0 Å². The first kappa shape index (κ1) is 27.5. The zero-order chi connectivity index (χ0) is 27.8. The minimum atomic E-state index is -1.69. The number of rotatable bonds is 8. The van der Waals surface area contributed by atoms with Gasteiger partial charge in [0.2, 0.25) is 5.91 Å². The summed E-state index contributed by atoms with van der Waals surface area (Å²) < 4.78 is 22.5. The van der Waals surface area contributed by atoms with Crippen LogP contribution in [-0.2, 0) is 23.7 Å². The summed E-state index contributed by atoms with van der Waals surface area (Å²) in [7, 11) is 0. The lowest BCUT2D eigenvalue weighted by Gasteiger charge is -2.43. The topological polar surface area (TPSA) is 137 Å². The van der Waals surface area contributed by atoms with Crippen molar-refractivity contribution in [2.45, 2.75) is 37.6 Å². The van der Waals surface area contributed by atoms with Crippen LogP contribution in [0.5, 0.6) is 0 Å². The molecule has 2 N–H and O–H groups in total. The fraction of sp³-hybridized carbons (Fsp3) is 0.241. The van der Waals surface area contributed by atoms with Gasteiger partial charge in [-0.3, -0.25) is 4.79 Å². The number of hydrogen-bond donors (Lipinski definition) is 2. The van der Waals surface area contributed by atoms with Crippen molar-refractivity contribution in [3.63, 3.8) is 0 Å². The molecular formula is C29H27NO9. The molecule has 1 fully saturated rings. The summed E-state index contributed by atoms with van der Waals surface area (Å²) >= 11 is 0. The van der Waals surface area contributed by atoms with Crippen molar-refractivity contribution in [1.82, 2.24) is 5.32 Å². The highest BCUT2D eigenvalue weighted by molar-refractivity contribution is 5.91. The molecule has 5 atom stereocenters. The van der Waals surface area contributed by atoms with Crippen LogP contribution in [0.3, 0.4) is 0 Å². The van der Waals surface area contributed by atoms with Gasteiger partial charge in [-0.1, -0.05) is 54.6 Å². The summed E-state index contributed by atoms with van der Waals surface area (Å²) in [5.41, 5.74) is 0.669. The first-order valence-corrected chi connectivity index (χ1v) is 12.2. The monoisotopic (exact) mass is 533 g/mol. The maximum Gasteiger partial charge on any atom is 0.338 e. The molecule has 0 spiro atoms. The van der Waals surface area contributed by atoms with Crippen LogP contribution in [0.4, 0.5) is 0 Å². The lowest BCUT2D eigenvalue weighted by atomic mass is 9.96.